The smallest absolute Gasteiger partial charge is 0.136 e. The van der Waals surface area contributed by atoms with E-state index >= 15 is 0 Å². The molecule has 0 saturated heterocycles. The van der Waals surface area contributed by atoms with Gasteiger partial charge in [-0.15, -0.1) is 5.10 Å². The van der Waals surface area contributed by atoms with Gasteiger partial charge >= 0.3 is 0 Å². The van der Waals surface area contributed by atoms with Crippen molar-refractivity contribution in [2.45, 2.75) is 58.9 Å². The van der Waals surface area contributed by atoms with Crippen molar-refractivity contribution in [3.05, 3.63) is 30.0 Å². The predicted molar refractivity (Wildman–Crippen MR) is 87.9 cm³/mol. The van der Waals surface area contributed by atoms with Crippen molar-refractivity contribution in [3.8, 4) is 0 Å². The summed E-state index contributed by atoms with van der Waals surface area (Å²) < 4.78 is 1.80. The van der Waals surface area contributed by atoms with Crippen molar-refractivity contribution in [2.24, 2.45) is 0 Å². The third kappa shape index (κ3) is 4.26. The Bertz CT molecular complexity index is 572. The Morgan fingerprint density at radius 1 is 1.05 bits per heavy atom. The number of anilines is 1. The summed E-state index contributed by atoms with van der Waals surface area (Å²) in [6.45, 7) is 14.4. The van der Waals surface area contributed by atoms with Crippen LogP contribution in [0.4, 0.5) is 5.82 Å². The predicted octanol–water partition coefficient (Wildman–Crippen LogP) is 2.78. The van der Waals surface area contributed by atoms with Gasteiger partial charge in [-0.25, -0.2) is 9.97 Å². The van der Waals surface area contributed by atoms with Crippen molar-refractivity contribution in [2.75, 3.05) is 11.9 Å². The van der Waals surface area contributed by atoms with Gasteiger partial charge in [-0.2, -0.15) is 0 Å². The Kier molecular flexibility index (Phi) is 4.49. The van der Waals surface area contributed by atoms with Crippen LogP contribution in [-0.2, 0) is 17.4 Å². The second-order valence-corrected chi connectivity index (χ2v) is 7.55. The Morgan fingerprint density at radius 3 is 2.32 bits per heavy atom. The standard InChI is InChI=1S/C16H26N6/c1-15(2,3)12-11-13(20-14(19-12)16(4,5)6)17-7-9-22-10-8-18-21-22/h8,10-11H,7,9H2,1-6H3,(H,17,19,20). The molecule has 0 fully saturated rings. The summed E-state index contributed by atoms with van der Waals surface area (Å²) in [5, 5.41) is 11.1. The summed E-state index contributed by atoms with van der Waals surface area (Å²) in [4.78, 5) is 9.42. The van der Waals surface area contributed by atoms with Crippen LogP contribution in [0.15, 0.2) is 18.5 Å². The highest BCUT2D eigenvalue weighted by Gasteiger charge is 2.23. The van der Waals surface area contributed by atoms with Gasteiger partial charge in [0, 0.05) is 29.6 Å². The molecule has 1 N–H and O–H groups in total. The van der Waals surface area contributed by atoms with E-state index in [0.717, 1.165) is 30.4 Å². The van der Waals surface area contributed by atoms with Gasteiger partial charge in [0.1, 0.15) is 11.6 Å². The summed E-state index contributed by atoms with van der Waals surface area (Å²) >= 11 is 0. The second kappa shape index (κ2) is 6.02. The van der Waals surface area contributed by atoms with Crippen LogP contribution in [0.25, 0.3) is 0 Å². The molecule has 0 aliphatic carbocycles. The van der Waals surface area contributed by atoms with E-state index in [2.05, 4.69) is 62.2 Å². The first kappa shape index (κ1) is 16.4. The zero-order chi connectivity index (χ0) is 16.4. The topological polar surface area (TPSA) is 68.5 Å². The minimum atomic E-state index is -0.0798. The van der Waals surface area contributed by atoms with E-state index in [1.807, 2.05) is 12.3 Å². The first-order valence-corrected chi connectivity index (χ1v) is 7.64. The zero-order valence-corrected chi connectivity index (χ0v) is 14.4. The fraction of sp³-hybridized carbons (Fsp3) is 0.625. The minimum absolute atomic E-state index is 0.00866. The van der Waals surface area contributed by atoms with Crippen molar-refractivity contribution >= 4 is 5.82 Å². The Morgan fingerprint density at radius 2 is 1.77 bits per heavy atom. The number of nitrogens with zero attached hydrogens (tertiary/aromatic N) is 5. The van der Waals surface area contributed by atoms with E-state index in [-0.39, 0.29) is 10.8 Å². The molecule has 2 rings (SSSR count). The molecule has 0 bridgehead atoms. The SMILES string of the molecule is CC(C)(C)c1cc(NCCn2ccnn2)nc(C(C)(C)C)n1. The highest BCUT2D eigenvalue weighted by Crippen LogP contribution is 2.26. The zero-order valence-electron chi connectivity index (χ0n) is 14.4. The fourth-order valence-electron chi connectivity index (χ4n) is 1.91. The van der Waals surface area contributed by atoms with Crippen molar-refractivity contribution < 1.29 is 0 Å². The number of hydrogen-bond acceptors (Lipinski definition) is 5. The van der Waals surface area contributed by atoms with E-state index in [0.29, 0.717) is 0 Å². The number of nitrogens with one attached hydrogen (secondary N) is 1. The van der Waals surface area contributed by atoms with E-state index in [1.54, 1.807) is 10.9 Å². The van der Waals surface area contributed by atoms with Gasteiger partial charge in [-0.3, -0.25) is 4.68 Å². The molecule has 2 heterocycles. The molecule has 2 aromatic rings. The van der Waals surface area contributed by atoms with Crippen LogP contribution >= 0.6 is 0 Å². The number of rotatable bonds is 4. The average Bonchev–Trinajstić information content (AvgIpc) is 2.89. The van der Waals surface area contributed by atoms with Crippen LogP contribution in [0, 0.1) is 0 Å². The molecule has 0 atom stereocenters. The van der Waals surface area contributed by atoms with E-state index in [9.17, 15) is 0 Å². The van der Waals surface area contributed by atoms with Crippen molar-refractivity contribution in [3.63, 3.8) is 0 Å². The van der Waals surface area contributed by atoms with Crippen LogP contribution in [0.1, 0.15) is 53.1 Å². The lowest BCUT2D eigenvalue weighted by Gasteiger charge is -2.24. The van der Waals surface area contributed by atoms with Crippen LogP contribution in [0.2, 0.25) is 0 Å². The molecule has 0 aliphatic heterocycles. The molecule has 0 unspecified atom stereocenters. The third-order valence-corrected chi connectivity index (χ3v) is 3.28. The van der Waals surface area contributed by atoms with Crippen LogP contribution < -0.4 is 5.32 Å². The summed E-state index contributed by atoms with van der Waals surface area (Å²) in [6, 6.07) is 2.04. The average molecular weight is 302 g/mol. The lowest BCUT2D eigenvalue weighted by atomic mass is 9.90. The first-order chi connectivity index (χ1) is 10.2. The maximum Gasteiger partial charge on any atom is 0.136 e. The van der Waals surface area contributed by atoms with Gasteiger partial charge < -0.3 is 5.32 Å². The molecule has 0 radical (unpaired) electrons. The molecule has 0 spiro atoms. The summed E-state index contributed by atoms with van der Waals surface area (Å²) in [5.74, 6) is 1.73. The van der Waals surface area contributed by atoms with E-state index < -0.39 is 0 Å². The van der Waals surface area contributed by atoms with Crippen LogP contribution in [-0.4, -0.2) is 31.5 Å². The quantitative estimate of drug-likeness (QED) is 0.940. The molecule has 0 amide bonds. The highest BCUT2D eigenvalue weighted by molar-refractivity contribution is 5.38. The molecular formula is C16H26N6. The summed E-state index contributed by atoms with van der Waals surface area (Å²) in [7, 11) is 0. The molecule has 6 nitrogen and oxygen atoms in total. The Labute approximate surface area is 132 Å². The highest BCUT2D eigenvalue weighted by atomic mass is 15.4. The van der Waals surface area contributed by atoms with Crippen molar-refractivity contribution in [1.82, 2.24) is 25.0 Å². The first-order valence-electron chi connectivity index (χ1n) is 7.64. The molecule has 22 heavy (non-hydrogen) atoms. The van der Waals surface area contributed by atoms with Crippen LogP contribution in [0.3, 0.4) is 0 Å². The summed E-state index contributed by atoms with van der Waals surface area (Å²) in [5.41, 5.74) is 0.963. The lowest BCUT2D eigenvalue weighted by molar-refractivity contribution is 0.514. The van der Waals surface area contributed by atoms with Gasteiger partial charge in [0.05, 0.1) is 18.4 Å². The van der Waals surface area contributed by atoms with Gasteiger partial charge in [-0.1, -0.05) is 46.8 Å². The second-order valence-electron chi connectivity index (χ2n) is 7.55. The molecule has 2 aromatic heterocycles. The van der Waals surface area contributed by atoms with Gasteiger partial charge in [0.2, 0.25) is 0 Å². The van der Waals surface area contributed by atoms with Gasteiger partial charge in [-0.05, 0) is 0 Å². The van der Waals surface area contributed by atoms with E-state index in [4.69, 9.17) is 4.98 Å². The number of hydrogen-bond donors (Lipinski definition) is 1. The molecule has 0 saturated carbocycles. The van der Waals surface area contributed by atoms with E-state index in [1.165, 1.54) is 0 Å². The van der Waals surface area contributed by atoms with Gasteiger partial charge in [0.15, 0.2) is 0 Å². The van der Waals surface area contributed by atoms with Crippen LogP contribution in [0.5, 0.6) is 0 Å². The molecular weight excluding hydrogens is 276 g/mol. The van der Waals surface area contributed by atoms with Crippen molar-refractivity contribution in [1.29, 1.82) is 0 Å². The van der Waals surface area contributed by atoms with Gasteiger partial charge in [0.25, 0.3) is 0 Å². The molecule has 6 heteroatoms. The fourth-order valence-corrected chi connectivity index (χ4v) is 1.91. The largest absolute Gasteiger partial charge is 0.368 e. The maximum absolute atomic E-state index is 4.76. The lowest BCUT2D eigenvalue weighted by Crippen LogP contribution is -2.23. The summed E-state index contributed by atoms with van der Waals surface area (Å²) in [6.07, 6.45) is 3.53. The maximum atomic E-state index is 4.76. The monoisotopic (exact) mass is 302 g/mol. The minimum Gasteiger partial charge on any atom is -0.368 e. The number of aromatic nitrogens is 5. The third-order valence-electron chi connectivity index (χ3n) is 3.28. The molecule has 0 aliphatic rings. The Balaban J connectivity index is 2.18. The molecule has 0 aromatic carbocycles. The normalized spacial score (nSPS) is 12.5. The molecule has 120 valence electrons. The Hall–Kier alpha value is -1.98.